The number of carboxylic acids is 1. The largest absolute Gasteiger partial charge is 0.478 e. The third kappa shape index (κ3) is 4.48. The molecule has 3 rings (SSSR count). The molecule has 1 N–H and O–H groups in total. The van der Waals surface area contributed by atoms with E-state index in [0.717, 1.165) is 29.9 Å². The van der Waals surface area contributed by atoms with Crippen LogP contribution < -0.4 is 4.74 Å². The van der Waals surface area contributed by atoms with Crippen LogP contribution in [0.15, 0.2) is 72.8 Å². The van der Waals surface area contributed by atoms with Gasteiger partial charge < -0.3 is 9.84 Å². The summed E-state index contributed by atoms with van der Waals surface area (Å²) in [4.78, 5) is 10.9. The van der Waals surface area contributed by atoms with E-state index >= 15 is 0 Å². The van der Waals surface area contributed by atoms with Crippen molar-refractivity contribution >= 4 is 5.97 Å². The van der Waals surface area contributed by atoms with Gasteiger partial charge in [-0.3, -0.25) is 0 Å². The van der Waals surface area contributed by atoms with Crippen LogP contribution in [0.25, 0.3) is 0 Å². The molecule has 0 amide bonds. The average molecular weight is 332 g/mol. The van der Waals surface area contributed by atoms with Gasteiger partial charge in [0.1, 0.15) is 11.5 Å². The third-order valence-corrected chi connectivity index (χ3v) is 4.18. The zero-order chi connectivity index (χ0) is 17.6. The van der Waals surface area contributed by atoms with Crippen LogP contribution in [-0.4, -0.2) is 11.1 Å². The first-order valence-corrected chi connectivity index (χ1v) is 8.26. The summed E-state index contributed by atoms with van der Waals surface area (Å²) in [6.07, 6.45) is 1.78. The summed E-state index contributed by atoms with van der Waals surface area (Å²) in [5.41, 5.74) is 3.91. The highest BCUT2D eigenvalue weighted by Crippen LogP contribution is 2.24. The quantitative estimate of drug-likeness (QED) is 0.669. The summed E-state index contributed by atoms with van der Waals surface area (Å²) in [6.45, 7) is 2.08. The van der Waals surface area contributed by atoms with Crippen molar-refractivity contribution < 1.29 is 14.6 Å². The molecule has 3 heteroatoms. The second-order valence-corrected chi connectivity index (χ2v) is 6.01. The van der Waals surface area contributed by atoms with Crippen molar-refractivity contribution in [2.75, 3.05) is 0 Å². The van der Waals surface area contributed by atoms with Gasteiger partial charge in [0, 0.05) is 0 Å². The predicted molar refractivity (Wildman–Crippen MR) is 98.5 cm³/mol. The van der Waals surface area contributed by atoms with Crippen LogP contribution in [0.3, 0.4) is 0 Å². The average Bonchev–Trinajstić information content (AvgIpc) is 2.62. The maximum absolute atomic E-state index is 10.9. The Kier molecular flexibility index (Phi) is 5.14. The number of benzene rings is 3. The van der Waals surface area contributed by atoms with Crippen LogP contribution in [0.5, 0.6) is 11.5 Å². The number of carboxylic acid groups (broad SMARTS) is 1. The first kappa shape index (κ1) is 16.8. The molecule has 0 radical (unpaired) electrons. The molecule has 0 spiro atoms. The number of hydrogen-bond acceptors (Lipinski definition) is 2. The Labute approximate surface area is 147 Å². The second kappa shape index (κ2) is 7.67. The number of para-hydroxylation sites is 1. The summed E-state index contributed by atoms with van der Waals surface area (Å²) in [5, 5.41) is 8.94. The molecule has 3 nitrogen and oxygen atoms in total. The fraction of sp³-hybridized carbons (Fsp3) is 0.136. The van der Waals surface area contributed by atoms with Crippen molar-refractivity contribution in [3.63, 3.8) is 0 Å². The molecule has 0 saturated heterocycles. The van der Waals surface area contributed by atoms with Gasteiger partial charge in [0.2, 0.25) is 0 Å². The lowest BCUT2D eigenvalue weighted by Gasteiger charge is -2.10. The Morgan fingerprint density at radius 1 is 0.880 bits per heavy atom. The van der Waals surface area contributed by atoms with Gasteiger partial charge in [0.25, 0.3) is 0 Å². The number of rotatable bonds is 6. The van der Waals surface area contributed by atoms with E-state index in [4.69, 9.17) is 9.84 Å². The third-order valence-electron chi connectivity index (χ3n) is 4.18. The first-order chi connectivity index (χ1) is 12.1. The highest BCUT2D eigenvalue weighted by molar-refractivity contribution is 5.87. The predicted octanol–water partition coefficient (Wildman–Crippen LogP) is 5.27. The number of aromatic carboxylic acids is 1. The zero-order valence-corrected chi connectivity index (χ0v) is 14.1. The van der Waals surface area contributed by atoms with Crippen LogP contribution in [0.1, 0.15) is 27.0 Å². The van der Waals surface area contributed by atoms with Gasteiger partial charge in [-0.25, -0.2) is 4.79 Å². The lowest BCUT2D eigenvalue weighted by molar-refractivity contribution is 0.0697. The molecule has 126 valence electrons. The van der Waals surface area contributed by atoms with Gasteiger partial charge in [-0.1, -0.05) is 36.4 Å². The van der Waals surface area contributed by atoms with Gasteiger partial charge >= 0.3 is 5.97 Å². The highest BCUT2D eigenvalue weighted by Gasteiger charge is 2.05. The summed E-state index contributed by atoms with van der Waals surface area (Å²) in [6, 6.07) is 22.9. The van der Waals surface area contributed by atoms with Gasteiger partial charge in [-0.15, -0.1) is 0 Å². The summed E-state index contributed by atoms with van der Waals surface area (Å²) in [5.74, 6) is 0.767. The number of aryl methyl sites for hydroxylation is 3. The smallest absolute Gasteiger partial charge is 0.335 e. The van der Waals surface area contributed by atoms with E-state index in [1.54, 1.807) is 12.1 Å². The molecule has 25 heavy (non-hydrogen) atoms. The minimum Gasteiger partial charge on any atom is -0.478 e. The van der Waals surface area contributed by atoms with Gasteiger partial charge in [0.15, 0.2) is 0 Å². The Bertz CT molecular complexity index is 852. The standard InChI is InChI=1S/C22H20O3/c1-16-15-21(25-20-5-3-2-4-6-20)14-13-18(16)10-7-17-8-11-19(12-9-17)22(23)24/h2-6,8-9,11-15H,7,10H2,1H3,(H,23,24). The molecule has 0 aromatic heterocycles. The molecular formula is C22H20O3. The van der Waals surface area contributed by atoms with Crippen LogP contribution in [0.2, 0.25) is 0 Å². The molecular weight excluding hydrogens is 312 g/mol. The Morgan fingerprint density at radius 2 is 1.60 bits per heavy atom. The molecule has 0 atom stereocenters. The van der Waals surface area contributed by atoms with E-state index in [-0.39, 0.29) is 0 Å². The number of ether oxygens (including phenoxy) is 1. The van der Waals surface area contributed by atoms with Gasteiger partial charge in [0.05, 0.1) is 5.56 Å². The lowest BCUT2D eigenvalue weighted by Crippen LogP contribution is -1.98. The number of hydrogen-bond donors (Lipinski definition) is 1. The molecule has 0 unspecified atom stereocenters. The molecule has 0 saturated carbocycles. The monoisotopic (exact) mass is 332 g/mol. The second-order valence-electron chi connectivity index (χ2n) is 6.01. The van der Waals surface area contributed by atoms with Crippen molar-refractivity contribution in [1.29, 1.82) is 0 Å². The molecule has 0 heterocycles. The van der Waals surface area contributed by atoms with E-state index in [1.165, 1.54) is 11.1 Å². The molecule has 0 bridgehead atoms. The molecule has 3 aromatic carbocycles. The summed E-state index contributed by atoms with van der Waals surface area (Å²) < 4.78 is 5.86. The lowest BCUT2D eigenvalue weighted by atomic mass is 10.00. The van der Waals surface area contributed by atoms with Crippen molar-refractivity contribution in [2.24, 2.45) is 0 Å². The van der Waals surface area contributed by atoms with E-state index in [0.29, 0.717) is 5.56 Å². The molecule has 0 aliphatic rings. The van der Waals surface area contributed by atoms with Crippen molar-refractivity contribution in [3.05, 3.63) is 95.1 Å². The van der Waals surface area contributed by atoms with Crippen molar-refractivity contribution in [1.82, 2.24) is 0 Å². The highest BCUT2D eigenvalue weighted by atomic mass is 16.5. The summed E-state index contributed by atoms with van der Waals surface area (Å²) >= 11 is 0. The van der Waals surface area contributed by atoms with Gasteiger partial charge in [-0.05, 0) is 72.9 Å². The Hall–Kier alpha value is -3.07. The maximum atomic E-state index is 10.9. The Morgan fingerprint density at radius 3 is 2.24 bits per heavy atom. The minimum absolute atomic E-state index is 0.322. The molecule has 0 fully saturated rings. The van der Waals surface area contributed by atoms with E-state index in [1.807, 2.05) is 48.5 Å². The maximum Gasteiger partial charge on any atom is 0.335 e. The van der Waals surface area contributed by atoms with E-state index in [9.17, 15) is 4.79 Å². The van der Waals surface area contributed by atoms with Crippen molar-refractivity contribution in [3.8, 4) is 11.5 Å². The summed E-state index contributed by atoms with van der Waals surface area (Å²) in [7, 11) is 0. The first-order valence-electron chi connectivity index (χ1n) is 8.26. The van der Waals surface area contributed by atoms with Gasteiger partial charge in [-0.2, -0.15) is 0 Å². The molecule has 3 aromatic rings. The molecule has 0 aliphatic heterocycles. The Balaban J connectivity index is 1.64. The van der Waals surface area contributed by atoms with Crippen LogP contribution in [0, 0.1) is 6.92 Å². The van der Waals surface area contributed by atoms with Crippen LogP contribution in [0.4, 0.5) is 0 Å². The van der Waals surface area contributed by atoms with E-state index < -0.39 is 5.97 Å². The number of carbonyl (C=O) groups is 1. The SMILES string of the molecule is Cc1cc(Oc2ccccc2)ccc1CCc1ccc(C(=O)O)cc1. The fourth-order valence-corrected chi connectivity index (χ4v) is 2.73. The molecule has 0 aliphatic carbocycles. The zero-order valence-electron chi connectivity index (χ0n) is 14.1. The van der Waals surface area contributed by atoms with E-state index in [2.05, 4.69) is 19.1 Å². The van der Waals surface area contributed by atoms with Crippen LogP contribution in [-0.2, 0) is 12.8 Å². The topological polar surface area (TPSA) is 46.5 Å². The van der Waals surface area contributed by atoms with Crippen LogP contribution >= 0.6 is 0 Å². The minimum atomic E-state index is -0.892. The normalized spacial score (nSPS) is 10.4. The fourth-order valence-electron chi connectivity index (χ4n) is 2.73. The van der Waals surface area contributed by atoms with Crippen molar-refractivity contribution in [2.45, 2.75) is 19.8 Å².